The van der Waals surface area contributed by atoms with Crippen LogP contribution in [0.3, 0.4) is 0 Å². The Balaban J connectivity index is 1.96. The summed E-state index contributed by atoms with van der Waals surface area (Å²) in [5.74, 6) is 0.190. The second-order valence-corrected chi connectivity index (χ2v) is 11.1. The maximum atomic E-state index is 13.3. The van der Waals surface area contributed by atoms with Gasteiger partial charge >= 0.3 is 0 Å². The van der Waals surface area contributed by atoms with Crippen molar-refractivity contribution in [3.8, 4) is 5.75 Å². The number of benzene rings is 1. The van der Waals surface area contributed by atoms with Crippen LogP contribution in [0.25, 0.3) is 0 Å². The van der Waals surface area contributed by atoms with Gasteiger partial charge in [-0.25, -0.2) is 8.42 Å². The SMILES string of the molecule is CCS(=O)(=O)Nc1ccc2c(c1)C(=O)N(C)C[C@@H](OC)[C@H](C)CN(C(=O)C1CC1)[C@@H](C)CO2. The molecule has 3 rings (SSSR count). The van der Waals surface area contributed by atoms with Gasteiger partial charge in [0.2, 0.25) is 15.9 Å². The number of likely N-dealkylation sites (N-methyl/N-ethyl adjacent to an activating group) is 1. The van der Waals surface area contributed by atoms with Crippen molar-refractivity contribution < 1.29 is 27.5 Å². The van der Waals surface area contributed by atoms with Crippen molar-refractivity contribution in [2.24, 2.45) is 11.8 Å². The summed E-state index contributed by atoms with van der Waals surface area (Å²) in [4.78, 5) is 29.7. The number of carbonyl (C=O) groups excluding carboxylic acids is 2. The highest BCUT2D eigenvalue weighted by atomic mass is 32.2. The predicted octanol–water partition coefficient (Wildman–Crippen LogP) is 2.19. The molecule has 2 amide bonds. The first kappa shape index (κ1) is 25.3. The number of carbonyl (C=O) groups is 2. The molecule has 0 spiro atoms. The number of sulfonamides is 1. The number of fused-ring (bicyclic) bond motifs is 1. The van der Waals surface area contributed by atoms with Gasteiger partial charge in [-0.2, -0.15) is 0 Å². The van der Waals surface area contributed by atoms with Crippen molar-refractivity contribution in [2.45, 2.75) is 45.8 Å². The molecule has 1 fully saturated rings. The molecule has 10 heteroatoms. The van der Waals surface area contributed by atoms with Crippen molar-refractivity contribution in [3.63, 3.8) is 0 Å². The summed E-state index contributed by atoms with van der Waals surface area (Å²) < 4.78 is 38.2. The molecule has 0 saturated heterocycles. The van der Waals surface area contributed by atoms with Crippen LogP contribution < -0.4 is 9.46 Å². The first-order valence-corrected chi connectivity index (χ1v) is 13.1. The fourth-order valence-electron chi connectivity index (χ4n) is 3.96. The average Bonchev–Trinajstić information content (AvgIpc) is 3.63. The molecule has 1 aromatic carbocycles. The van der Waals surface area contributed by atoms with Crippen LogP contribution in [0.15, 0.2) is 18.2 Å². The monoisotopic (exact) mass is 481 g/mol. The molecule has 3 atom stereocenters. The van der Waals surface area contributed by atoms with Gasteiger partial charge in [-0.05, 0) is 44.9 Å². The highest BCUT2D eigenvalue weighted by Gasteiger charge is 2.37. The van der Waals surface area contributed by atoms with E-state index in [1.54, 1.807) is 38.1 Å². The smallest absolute Gasteiger partial charge is 0.257 e. The second kappa shape index (κ2) is 10.3. The van der Waals surface area contributed by atoms with E-state index >= 15 is 0 Å². The van der Waals surface area contributed by atoms with E-state index in [0.717, 1.165) is 12.8 Å². The number of anilines is 1. The molecule has 1 aromatic rings. The number of methoxy groups -OCH3 is 1. The second-order valence-electron chi connectivity index (χ2n) is 9.08. The first-order chi connectivity index (χ1) is 15.6. The third-order valence-electron chi connectivity index (χ3n) is 6.31. The largest absolute Gasteiger partial charge is 0.491 e. The van der Waals surface area contributed by atoms with Crippen LogP contribution in [0.1, 0.15) is 44.0 Å². The van der Waals surface area contributed by atoms with Gasteiger partial charge in [0.05, 0.1) is 23.5 Å². The average molecular weight is 482 g/mol. The molecule has 1 saturated carbocycles. The fraction of sp³-hybridized carbons (Fsp3) is 0.652. The molecule has 0 aromatic heterocycles. The Bertz CT molecular complexity index is 978. The topological polar surface area (TPSA) is 105 Å². The van der Waals surface area contributed by atoms with Gasteiger partial charge < -0.3 is 19.3 Å². The molecule has 0 unspecified atom stereocenters. The van der Waals surface area contributed by atoms with E-state index in [9.17, 15) is 18.0 Å². The summed E-state index contributed by atoms with van der Waals surface area (Å²) in [5.41, 5.74) is 0.549. The summed E-state index contributed by atoms with van der Waals surface area (Å²) in [7, 11) is -0.214. The third-order valence-corrected chi connectivity index (χ3v) is 7.61. The van der Waals surface area contributed by atoms with Crippen LogP contribution in [0.2, 0.25) is 0 Å². The molecule has 1 aliphatic carbocycles. The van der Waals surface area contributed by atoms with E-state index in [1.165, 1.54) is 6.07 Å². The molecule has 0 bridgehead atoms. The summed E-state index contributed by atoms with van der Waals surface area (Å²) in [6.45, 7) is 6.56. The summed E-state index contributed by atoms with van der Waals surface area (Å²) in [6.07, 6.45) is 1.56. The zero-order valence-electron chi connectivity index (χ0n) is 20.0. The summed E-state index contributed by atoms with van der Waals surface area (Å²) >= 11 is 0. The van der Waals surface area contributed by atoms with Crippen LogP contribution in [-0.4, -0.2) is 81.8 Å². The number of hydrogen-bond acceptors (Lipinski definition) is 6. The number of rotatable bonds is 5. The minimum atomic E-state index is -3.50. The quantitative estimate of drug-likeness (QED) is 0.691. The van der Waals surface area contributed by atoms with Gasteiger partial charge in [-0.3, -0.25) is 14.3 Å². The Kier molecular flexibility index (Phi) is 7.89. The van der Waals surface area contributed by atoms with E-state index in [1.807, 2.05) is 18.7 Å². The summed E-state index contributed by atoms with van der Waals surface area (Å²) in [5, 5.41) is 0. The number of ether oxygens (including phenoxy) is 2. The predicted molar refractivity (Wildman–Crippen MR) is 126 cm³/mol. The normalized spacial score (nSPS) is 24.9. The number of nitrogens with one attached hydrogen (secondary N) is 1. The molecule has 0 radical (unpaired) electrons. The standard InChI is InChI=1S/C23H35N3O6S/c1-6-33(29,30)24-18-9-10-20-19(11-18)23(28)25(4)13-21(31-5)15(2)12-26(16(3)14-32-20)22(27)17-7-8-17/h9-11,15-17,21,24H,6-8,12-14H2,1-5H3/t15-,16+,21-/m1/s1. The molecule has 184 valence electrons. The van der Waals surface area contributed by atoms with Crippen molar-refractivity contribution in [3.05, 3.63) is 23.8 Å². The van der Waals surface area contributed by atoms with E-state index in [2.05, 4.69) is 4.72 Å². The lowest BCUT2D eigenvalue weighted by atomic mass is 10.0. The molecular weight excluding hydrogens is 446 g/mol. The Labute approximate surface area is 196 Å². The number of nitrogens with zero attached hydrogens (tertiary/aromatic N) is 2. The van der Waals surface area contributed by atoms with E-state index in [-0.39, 0.29) is 53.7 Å². The highest BCUT2D eigenvalue weighted by Crippen LogP contribution is 2.33. The molecule has 1 heterocycles. The Morgan fingerprint density at radius 1 is 1.24 bits per heavy atom. The maximum Gasteiger partial charge on any atom is 0.257 e. The number of hydrogen-bond donors (Lipinski definition) is 1. The van der Waals surface area contributed by atoms with Crippen molar-refractivity contribution in [2.75, 3.05) is 44.3 Å². The minimum Gasteiger partial charge on any atom is -0.491 e. The van der Waals surface area contributed by atoms with Crippen LogP contribution in [-0.2, 0) is 19.6 Å². The molecule has 33 heavy (non-hydrogen) atoms. The lowest BCUT2D eigenvalue weighted by Gasteiger charge is -2.36. The Morgan fingerprint density at radius 3 is 2.55 bits per heavy atom. The van der Waals surface area contributed by atoms with Crippen molar-refractivity contribution in [1.29, 1.82) is 0 Å². The lowest BCUT2D eigenvalue weighted by molar-refractivity contribution is -0.136. The van der Waals surface area contributed by atoms with Crippen molar-refractivity contribution >= 4 is 27.5 Å². The van der Waals surface area contributed by atoms with Crippen LogP contribution in [0.4, 0.5) is 5.69 Å². The fourth-order valence-corrected chi connectivity index (χ4v) is 4.59. The Morgan fingerprint density at radius 2 is 1.94 bits per heavy atom. The van der Waals surface area contributed by atoms with E-state index in [0.29, 0.717) is 24.5 Å². The highest BCUT2D eigenvalue weighted by molar-refractivity contribution is 7.92. The van der Waals surface area contributed by atoms with Crippen LogP contribution >= 0.6 is 0 Å². The van der Waals surface area contributed by atoms with Gasteiger partial charge in [-0.1, -0.05) is 6.92 Å². The van der Waals surface area contributed by atoms with Crippen LogP contribution in [0.5, 0.6) is 5.75 Å². The Hall–Kier alpha value is -2.33. The van der Waals surface area contributed by atoms with Gasteiger partial charge in [0, 0.05) is 44.8 Å². The van der Waals surface area contributed by atoms with Gasteiger partial charge in [0.15, 0.2) is 0 Å². The van der Waals surface area contributed by atoms with Crippen LogP contribution in [0, 0.1) is 11.8 Å². The van der Waals surface area contributed by atoms with Gasteiger partial charge in [0.1, 0.15) is 12.4 Å². The first-order valence-electron chi connectivity index (χ1n) is 11.4. The van der Waals surface area contributed by atoms with Gasteiger partial charge in [0.25, 0.3) is 5.91 Å². The molecule has 1 aliphatic heterocycles. The molecule has 1 N–H and O–H groups in total. The van der Waals surface area contributed by atoms with E-state index < -0.39 is 10.0 Å². The molecule has 2 aliphatic rings. The lowest BCUT2D eigenvalue weighted by Crippen LogP contribution is -2.49. The van der Waals surface area contributed by atoms with E-state index in [4.69, 9.17) is 9.47 Å². The van der Waals surface area contributed by atoms with Gasteiger partial charge in [-0.15, -0.1) is 0 Å². The minimum absolute atomic E-state index is 0.00278. The molecule has 9 nitrogen and oxygen atoms in total. The zero-order valence-corrected chi connectivity index (χ0v) is 20.9. The van der Waals surface area contributed by atoms with Crippen molar-refractivity contribution in [1.82, 2.24) is 9.80 Å². The summed E-state index contributed by atoms with van der Waals surface area (Å²) in [6, 6.07) is 4.46. The maximum absolute atomic E-state index is 13.3. The zero-order chi connectivity index (χ0) is 24.3. The number of amides is 2. The molecular formula is C23H35N3O6S. The third kappa shape index (κ3) is 6.17.